The highest BCUT2D eigenvalue weighted by Crippen LogP contribution is 2.19. The first kappa shape index (κ1) is 12.2. The first-order chi connectivity index (χ1) is 8.70. The van der Waals surface area contributed by atoms with Crippen LogP contribution < -0.4 is 0 Å². The Balaban J connectivity index is 2.30. The van der Waals surface area contributed by atoms with Gasteiger partial charge in [-0.2, -0.15) is 0 Å². The van der Waals surface area contributed by atoms with Crippen LogP contribution in [0.2, 0.25) is 0 Å². The molecule has 0 aromatic heterocycles. The standard InChI is InChI=1S/C15H12O3/c1-18-15(17)9-8-14(16)13-7-6-11-4-2-3-5-12(11)10-13/h2-7,10,14,16H,1H3/t14-/m0/s1. The molecule has 0 aliphatic heterocycles. The van der Waals surface area contributed by atoms with Crippen molar-refractivity contribution in [2.75, 3.05) is 7.11 Å². The van der Waals surface area contributed by atoms with Crippen molar-refractivity contribution < 1.29 is 14.6 Å². The van der Waals surface area contributed by atoms with Crippen molar-refractivity contribution in [3.8, 4) is 11.8 Å². The molecule has 0 spiro atoms. The average molecular weight is 240 g/mol. The number of rotatable bonds is 1. The largest absolute Gasteiger partial charge is 0.459 e. The van der Waals surface area contributed by atoms with E-state index in [4.69, 9.17) is 0 Å². The number of aliphatic hydroxyl groups is 1. The van der Waals surface area contributed by atoms with E-state index in [-0.39, 0.29) is 0 Å². The van der Waals surface area contributed by atoms with Crippen molar-refractivity contribution in [2.45, 2.75) is 6.10 Å². The molecule has 1 N–H and O–H groups in total. The monoisotopic (exact) mass is 240 g/mol. The van der Waals surface area contributed by atoms with Gasteiger partial charge in [0.2, 0.25) is 0 Å². The van der Waals surface area contributed by atoms with Gasteiger partial charge >= 0.3 is 5.97 Å². The molecule has 0 saturated heterocycles. The fourth-order valence-electron chi connectivity index (χ4n) is 1.64. The fraction of sp³-hybridized carbons (Fsp3) is 0.133. The molecule has 2 aromatic carbocycles. The zero-order chi connectivity index (χ0) is 13.0. The van der Waals surface area contributed by atoms with Crippen LogP contribution in [0.15, 0.2) is 42.5 Å². The topological polar surface area (TPSA) is 46.5 Å². The van der Waals surface area contributed by atoms with Crippen molar-refractivity contribution in [3.05, 3.63) is 48.0 Å². The molecular formula is C15H12O3. The molecule has 2 rings (SSSR count). The minimum Gasteiger partial charge on any atom is -0.459 e. The zero-order valence-electron chi connectivity index (χ0n) is 9.88. The third kappa shape index (κ3) is 2.68. The number of aliphatic hydroxyl groups excluding tert-OH is 1. The second-order valence-corrected chi connectivity index (χ2v) is 3.77. The molecule has 0 aliphatic carbocycles. The number of methoxy groups -OCH3 is 1. The van der Waals surface area contributed by atoms with Gasteiger partial charge in [0.05, 0.1) is 7.11 Å². The Bertz CT molecular complexity index is 635. The maximum atomic E-state index is 10.9. The maximum absolute atomic E-state index is 10.9. The van der Waals surface area contributed by atoms with E-state index in [1.54, 1.807) is 6.07 Å². The molecule has 0 bridgehead atoms. The Morgan fingerprint density at radius 2 is 1.94 bits per heavy atom. The van der Waals surface area contributed by atoms with E-state index in [0.29, 0.717) is 5.56 Å². The summed E-state index contributed by atoms with van der Waals surface area (Å²) >= 11 is 0. The van der Waals surface area contributed by atoms with Gasteiger partial charge in [-0.05, 0) is 22.4 Å². The number of benzene rings is 2. The van der Waals surface area contributed by atoms with Crippen LogP contribution in [0.25, 0.3) is 10.8 Å². The summed E-state index contributed by atoms with van der Waals surface area (Å²) in [5.41, 5.74) is 0.658. The highest BCUT2D eigenvalue weighted by molar-refractivity contribution is 5.88. The third-order valence-electron chi connectivity index (χ3n) is 2.59. The van der Waals surface area contributed by atoms with E-state index >= 15 is 0 Å². The number of esters is 1. The lowest BCUT2D eigenvalue weighted by molar-refractivity contribution is -0.133. The summed E-state index contributed by atoms with van der Waals surface area (Å²) in [6, 6.07) is 13.4. The predicted molar refractivity (Wildman–Crippen MR) is 68.7 cm³/mol. The van der Waals surface area contributed by atoms with Gasteiger partial charge in [-0.1, -0.05) is 42.3 Å². The fourth-order valence-corrected chi connectivity index (χ4v) is 1.64. The Morgan fingerprint density at radius 1 is 1.22 bits per heavy atom. The van der Waals surface area contributed by atoms with E-state index in [1.807, 2.05) is 36.4 Å². The predicted octanol–water partition coefficient (Wildman–Crippen LogP) is 2.05. The molecule has 1 atom stereocenters. The van der Waals surface area contributed by atoms with Gasteiger partial charge < -0.3 is 9.84 Å². The molecule has 0 radical (unpaired) electrons. The highest BCUT2D eigenvalue weighted by Gasteiger charge is 2.05. The van der Waals surface area contributed by atoms with E-state index in [2.05, 4.69) is 16.6 Å². The third-order valence-corrected chi connectivity index (χ3v) is 2.59. The zero-order valence-corrected chi connectivity index (χ0v) is 9.88. The van der Waals surface area contributed by atoms with Crippen LogP contribution in [0.3, 0.4) is 0 Å². The first-order valence-electron chi connectivity index (χ1n) is 5.47. The van der Waals surface area contributed by atoms with Crippen LogP contribution in [-0.4, -0.2) is 18.2 Å². The summed E-state index contributed by atoms with van der Waals surface area (Å²) in [6.07, 6.45) is -0.992. The van der Waals surface area contributed by atoms with Crippen LogP contribution in [0.4, 0.5) is 0 Å². The summed E-state index contributed by atoms with van der Waals surface area (Å²) in [5, 5.41) is 12.0. The van der Waals surface area contributed by atoms with Crippen molar-refractivity contribution in [2.24, 2.45) is 0 Å². The van der Waals surface area contributed by atoms with Crippen molar-refractivity contribution >= 4 is 16.7 Å². The molecule has 0 amide bonds. The van der Waals surface area contributed by atoms with Crippen molar-refractivity contribution in [1.82, 2.24) is 0 Å². The molecule has 0 heterocycles. The van der Waals surface area contributed by atoms with Crippen LogP contribution in [0.5, 0.6) is 0 Å². The van der Waals surface area contributed by atoms with E-state index in [9.17, 15) is 9.90 Å². The number of ether oxygens (including phenoxy) is 1. The number of hydrogen-bond acceptors (Lipinski definition) is 3. The number of carbonyl (C=O) groups excluding carboxylic acids is 1. The molecule has 3 heteroatoms. The lowest BCUT2D eigenvalue weighted by Crippen LogP contribution is -1.98. The molecule has 0 unspecified atom stereocenters. The lowest BCUT2D eigenvalue weighted by atomic mass is 10.0. The van der Waals surface area contributed by atoms with Crippen LogP contribution in [-0.2, 0) is 9.53 Å². The summed E-state index contributed by atoms with van der Waals surface area (Å²) in [7, 11) is 1.25. The molecule has 3 nitrogen and oxygen atoms in total. The van der Waals surface area contributed by atoms with E-state index < -0.39 is 12.1 Å². The molecule has 2 aromatic rings. The van der Waals surface area contributed by atoms with Crippen LogP contribution in [0.1, 0.15) is 11.7 Å². The Kier molecular flexibility index (Phi) is 3.61. The first-order valence-corrected chi connectivity index (χ1v) is 5.47. The number of fused-ring (bicyclic) bond motifs is 1. The minimum atomic E-state index is -0.992. The number of carbonyl (C=O) groups is 1. The van der Waals surface area contributed by atoms with Crippen LogP contribution in [0, 0.1) is 11.8 Å². The summed E-state index contributed by atoms with van der Waals surface area (Å²) in [5.74, 6) is 4.01. The molecule has 18 heavy (non-hydrogen) atoms. The van der Waals surface area contributed by atoms with Crippen LogP contribution >= 0.6 is 0 Å². The summed E-state index contributed by atoms with van der Waals surface area (Å²) < 4.78 is 4.38. The molecule has 0 fully saturated rings. The molecular weight excluding hydrogens is 228 g/mol. The quantitative estimate of drug-likeness (QED) is 0.471. The van der Waals surface area contributed by atoms with Gasteiger partial charge in [0.15, 0.2) is 0 Å². The SMILES string of the molecule is COC(=O)C#C[C@H](O)c1ccc2ccccc2c1. The smallest absolute Gasteiger partial charge is 0.384 e. The molecule has 0 aliphatic rings. The van der Waals surface area contributed by atoms with Gasteiger partial charge in [0.25, 0.3) is 0 Å². The number of hydrogen-bond donors (Lipinski definition) is 1. The molecule has 0 saturated carbocycles. The van der Waals surface area contributed by atoms with Crippen molar-refractivity contribution in [1.29, 1.82) is 0 Å². The van der Waals surface area contributed by atoms with E-state index in [0.717, 1.165) is 10.8 Å². The summed E-state index contributed by atoms with van der Waals surface area (Å²) in [4.78, 5) is 10.9. The van der Waals surface area contributed by atoms with Gasteiger partial charge in [0.1, 0.15) is 6.10 Å². The van der Waals surface area contributed by atoms with Gasteiger partial charge in [0, 0.05) is 5.92 Å². The normalized spacial score (nSPS) is 11.4. The van der Waals surface area contributed by atoms with E-state index in [1.165, 1.54) is 7.11 Å². The molecule has 90 valence electrons. The maximum Gasteiger partial charge on any atom is 0.384 e. The highest BCUT2D eigenvalue weighted by atomic mass is 16.5. The second kappa shape index (κ2) is 5.35. The minimum absolute atomic E-state index is 0.658. The van der Waals surface area contributed by atoms with Gasteiger partial charge in [-0.3, -0.25) is 0 Å². The second-order valence-electron chi connectivity index (χ2n) is 3.77. The Hall–Kier alpha value is -2.31. The van der Waals surface area contributed by atoms with Gasteiger partial charge in [-0.25, -0.2) is 4.79 Å². The van der Waals surface area contributed by atoms with Gasteiger partial charge in [-0.15, -0.1) is 0 Å². The Labute approximate surface area is 105 Å². The lowest BCUT2D eigenvalue weighted by Gasteiger charge is -2.05. The summed E-state index contributed by atoms with van der Waals surface area (Å²) in [6.45, 7) is 0. The average Bonchev–Trinajstić information content (AvgIpc) is 2.43. The van der Waals surface area contributed by atoms with Crippen molar-refractivity contribution in [3.63, 3.8) is 0 Å². The Morgan fingerprint density at radius 3 is 2.67 bits per heavy atom.